The van der Waals surface area contributed by atoms with Gasteiger partial charge < -0.3 is 24.4 Å². The highest BCUT2D eigenvalue weighted by Crippen LogP contribution is 2.24. The van der Waals surface area contributed by atoms with Crippen LogP contribution in [0.5, 0.6) is 0 Å². The Balaban J connectivity index is 0.00000320. The fourth-order valence-corrected chi connectivity index (χ4v) is 3.46. The molecule has 0 aromatic carbocycles. The highest BCUT2D eigenvalue weighted by atomic mass is 127. The number of ether oxygens (including phenoxy) is 1. The van der Waals surface area contributed by atoms with Crippen molar-refractivity contribution in [3.63, 3.8) is 0 Å². The summed E-state index contributed by atoms with van der Waals surface area (Å²) in [4.78, 5) is 7.24. The number of nitrogens with one attached hydrogen (secondary N) is 2. The first kappa shape index (κ1) is 24.6. The van der Waals surface area contributed by atoms with Crippen LogP contribution in [0.25, 0.3) is 0 Å². The average molecular weight is 531 g/mol. The van der Waals surface area contributed by atoms with Crippen molar-refractivity contribution in [2.45, 2.75) is 39.8 Å². The number of furan rings is 1. The number of hydrogen-bond acceptors (Lipinski definition) is 6. The topological polar surface area (TPSA) is 92.7 Å². The zero-order valence-electron chi connectivity index (χ0n) is 18.1. The lowest BCUT2D eigenvalue weighted by molar-refractivity contribution is 0.0135. The fourth-order valence-electron chi connectivity index (χ4n) is 3.46. The third-order valence-electron chi connectivity index (χ3n) is 5.00. The maximum Gasteiger partial charge on any atom is 0.191 e. The van der Waals surface area contributed by atoms with Crippen LogP contribution in [0.3, 0.4) is 0 Å². The summed E-state index contributed by atoms with van der Waals surface area (Å²) in [5.41, 5.74) is 0. The SMILES string of the molecule is CCNC(=NCC(c1ccc(C)o1)N1CCOCC1)NCCn1cnnc1CC.I. The van der Waals surface area contributed by atoms with Crippen LogP contribution in [-0.2, 0) is 17.7 Å². The molecule has 0 radical (unpaired) electrons. The van der Waals surface area contributed by atoms with E-state index in [9.17, 15) is 0 Å². The molecule has 1 atom stereocenters. The molecule has 1 aliphatic heterocycles. The molecule has 0 amide bonds. The molecule has 1 unspecified atom stereocenters. The van der Waals surface area contributed by atoms with Crippen LogP contribution in [0, 0.1) is 6.92 Å². The minimum Gasteiger partial charge on any atom is -0.465 e. The summed E-state index contributed by atoms with van der Waals surface area (Å²) in [5, 5.41) is 14.9. The summed E-state index contributed by atoms with van der Waals surface area (Å²) in [7, 11) is 0. The van der Waals surface area contributed by atoms with E-state index in [0.717, 1.165) is 75.7 Å². The minimum absolute atomic E-state index is 0. The van der Waals surface area contributed by atoms with Crippen molar-refractivity contribution in [1.29, 1.82) is 0 Å². The molecule has 0 bridgehead atoms. The van der Waals surface area contributed by atoms with Crippen LogP contribution in [0.4, 0.5) is 0 Å². The number of rotatable bonds is 9. The smallest absolute Gasteiger partial charge is 0.191 e. The van der Waals surface area contributed by atoms with Crippen molar-refractivity contribution in [1.82, 2.24) is 30.3 Å². The zero-order chi connectivity index (χ0) is 20.5. The highest BCUT2D eigenvalue weighted by Gasteiger charge is 2.25. The van der Waals surface area contributed by atoms with Gasteiger partial charge in [-0.2, -0.15) is 0 Å². The van der Waals surface area contributed by atoms with Crippen LogP contribution in [0.2, 0.25) is 0 Å². The largest absolute Gasteiger partial charge is 0.465 e. The van der Waals surface area contributed by atoms with Crippen LogP contribution in [0.15, 0.2) is 27.9 Å². The number of morpholine rings is 1. The van der Waals surface area contributed by atoms with E-state index < -0.39 is 0 Å². The minimum atomic E-state index is 0. The third-order valence-corrected chi connectivity index (χ3v) is 5.00. The Bertz CT molecular complexity index is 771. The molecular weight excluding hydrogens is 497 g/mol. The first-order valence-corrected chi connectivity index (χ1v) is 10.5. The number of nitrogens with zero attached hydrogens (tertiary/aromatic N) is 5. The predicted octanol–water partition coefficient (Wildman–Crippen LogP) is 1.99. The van der Waals surface area contributed by atoms with Gasteiger partial charge in [-0.1, -0.05) is 6.92 Å². The Morgan fingerprint density at radius 3 is 2.70 bits per heavy atom. The molecule has 30 heavy (non-hydrogen) atoms. The van der Waals surface area contributed by atoms with Gasteiger partial charge in [0.2, 0.25) is 0 Å². The normalized spacial score (nSPS) is 16.2. The lowest BCUT2D eigenvalue weighted by Crippen LogP contribution is -2.42. The lowest BCUT2D eigenvalue weighted by Gasteiger charge is -2.32. The van der Waals surface area contributed by atoms with Gasteiger partial charge in [-0.25, -0.2) is 0 Å². The molecule has 1 aliphatic rings. The Labute approximate surface area is 195 Å². The van der Waals surface area contributed by atoms with Gasteiger partial charge in [0, 0.05) is 39.1 Å². The van der Waals surface area contributed by atoms with Gasteiger partial charge in [-0.15, -0.1) is 34.2 Å². The van der Waals surface area contributed by atoms with E-state index in [2.05, 4.69) is 50.2 Å². The number of aryl methyl sites for hydroxylation is 2. The molecule has 2 aromatic heterocycles. The Morgan fingerprint density at radius 2 is 2.03 bits per heavy atom. The molecule has 3 rings (SSSR count). The van der Waals surface area contributed by atoms with Crippen molar-refractivity contribution >= 4 is 29.9 Å². The second-order valence-electron chi connectivity index (χ2n) is 7.05. The van der Waals surface area contributed by atoms with Crippen molar-refractivity contribution in [2.24, 2.45) is 4.99 Å². The summed E-state index contributed by atoms with van der Waals surface area (Å²) in [6.07, 6.45) is 2.65. The quantitative estimate of drug-likeness (QED) is 0.291. The second kappa shape index (κ2) is 12.9. The van der Waals surface area contributed by atoms with E-state index in [1.165, 1.54) is 0 Å². The van der Waals surface area contributed by atoms with Gasteiger partial charge in [-0.05, 0) is 26.0 Å². The molecule has 0 aliphatic carbocycles. The second-order valence-corrected chi connectivity index (χ2v) is 7.05. The molecule has 10 heteroatoms. The van der Waals surface area contributed by atoms with Gasteiger partial charge >= 0.3 is 0 Å². The fraction of sp³-hybridized carbons (Fsp3) is 0.650. The van der Waals surface area contributed by atoms with E-state index >= 15 is 0 Å². The molecule has 168 valence electrons. The Morgan fingerprint density at radius 1 is 1.23 bits per heavy atom. The molecule has 1 fully saturated rings. The van der Waals surface area contributed by atoms with Crippen LogP contribution in [0.1, 0.15) is 37.2 Å². The summed E-state index contributed by atoms with van der Waals surface area (Å²) in [6.45, 7) is 12.4. The van der Waals surface area contributed by atoms with Gasteiger partial charge in [0.15, 0.2) is 5.96 Å². The number of guanidine groups is 1. The van der Waals surface area contributed by atoms with E-state index in [4.69, 9.17) is 14.1 Å². The molecule has 0 saturated carbocycles. The van der Waals surface area contributed by atoms with Gasteiger partial charge in [0.05, 0.1) is 25.8 Å². The lowest BCUT2D eigenvalue weighted by atomic mass is 10.1. The molecule has 1 saturated heterocycles. The first-order chi connectivity index (χ1) is 14.2. The standard InChI is InChI=1S/C20H33N7O2.HI/c1-4-19-25-24-15-27(19)9-8-22-20(21-5-2)23-14-17(18-7-6-16(3)29-18)26-10-12-28-13-11-26;/h6-7,15,17H,4-5,8-14H2,1-3H3,(H2,21,22,23);1H. The average Bonchev–Trinajstić information content (AvgIpc) is 3.37. The number of aliphatic imine (C=N–C) groups is 1. The summed E-state index contributed by atoms with van der Waals surface area (Å²) in [5.74, 6) is 3.68. The first-order valence-electron chi connectivity index (χ1n) is 10.5. The molecule has 0 spiro atoms. The van der Waals surface area contributed by atoms with Crippen molar-refractivity contribution in [3.05, 3.63) is 35.8 Å². The van der Waals surface area contributed by atoms with Gasteiger partial charge in [0.25, 0.3) is 0 Å². The zero-order valence-corrected chi connectivity index (χ0v) is 20.5. The van der Waals surface area contributed by atoms with Crippen LogP contribution >= 0.6 is 24.0 Å². The monoisotopic (exact) mass is 531 g/mol. The van der Waals surface area contributed by atoms with Crippen molar-refractivity contribution < 1.29 is 9.15 Å². The van der Waals surface area contributed by atoms with Crippen molar-refractivity contribution in [3.8, 4) is 0 Å². The maximum absolute atomic E-state index is 5.94. The van der Waals surface area contributed by atoms with E-state index in [-0.39, 0.29) is 30.0 Å². The predicted molar refractivity (Wildman–Crippen MR) is 127 cm³/mol. The van der Waals surface area contributed by atoms with Gasteiger partial charge in [0.1, 0.15) is 23.7 Å². The van der Waals surface area contributed by atoms with Crippen molar-refractivity contribution in [2.75, 3.05) is 45.9 Å². The molecular formula is C20H34IN7O2. The number of hydrogen-bond donors (Lipinski definition) is 2. The summed E-state index contributed by atoms with van der Waals surface area (Å²) < 4.78 is 13.5. The Kier molecular flexibility index (Phi) is 10.6. The summed E-state index contributed by atoms with van der Waals surface area (Å²) in [6, 6.07) is 4.18. The number of aromatic nitrogens is 3. The highest BCUT2D eigenvalue weighted by molar-refractivity contribution is 14.0. The van der Waals surface area contributed by atoms with Gasteiger partial charge in [-0.3, -0.25) is 9.89 Å². The van der Waals surface area contributed by atoms with E-state index in [1.807, 2.05) is 13.0 Å². The Hall–Kier alpha value is -1.66. The molecule has 9 nitrogen and oxygen atoms in total. The van der Waals surface area contributed by atoms with E-state index in [0.29, 0.717) is 6.54 Å². The van der Waals surface area contributed by atoms with Crippen LogP contribution < -0.4 is 10.6 Å². The molecule has 3 heterocycles. The summed E-state index contributed by atoms with van der Waals surface area (Å²) >= 11 is 0. The van der Waals surface area contributed by atoms with Crippen LogP contribution in [-0.4, -0.2) is 71.6 Å². The van der Waals surface area contributed by atoms with E-state index in [1.54, 1.807) is 6.33 Å². The molecule has 2 aromatic rings. The molecule has 2 N–H and O–H groups in total. The maximum atomic E-state index is 5.94. The third kappa shape index (κ3) is 6.95. The number of halogens is 1.